The number of carbonyl (C=O) groups is 1. The van der Waals surface area contributed by atoms with Crippen molar-refractivity contribution in [3.63, 3.8) is 0 Å². The lowest BCUT2D eigenvalue weighted by Gasteiger charge is -2.12. The molecule has 0 bridgehead atoms. The molecule has 0 spiro atoms. The van der Waals surface area contributed by atoms with Crippen LogP contribution in [0.25, 0.3) is 16.7 Å². The van der Waals surface area contributed by atoms with E-state index in [0.717, 1.165) is 5.69 Å². The standard InChI is InChI=1S/C20H17N7O3/c1-12-15(13(2)27-20(24-12)22-11-23-27)9-18(28)30-10-17-25-16-6-4-3-5-14(16)19(29)26(17)8-7-21/h3-6,11H,8-10H2,1-2H3. The van der Waals surface area contributed by atoms with Crippen LogP contribution in [-0.4, -0.2) is 35.1 Å². The molecule has 30 heavy (non-hydrogen) atoms. The average Bonchev–Trinajstić information content (AvgIpc) is 3.20. The van der Waals surface area contributed by atoms with Gasteiger partial charge >= 0.3 is 5.97 Å². The highest BCUT2D eigenvalue weighted by molar-refractivity contribution is 5.77. The minimum absolute atomic E-state index is 0.0173. The summed E-state index contributed by atoms with van der Waals surface area (Å²) in [5.74, 6) is 0.170. The number of hydrogen-bond acceptors (Lipinski definition) is 8. The first-order valence-corrected chi connectivity index (χ1v) is 9.16. The molecule has 10 heteroatoms. The number of benzene rings is 1. The first-order valence-electron chi connectivity index (χ1n) is 9.16. The summed E-state index contributed by atoms with van der Waals surface area (Å²) in [5.41, 5.74) is 2.24. The highest BCUT2D eigenvalue weighted by atomic mass is 16.5. The lowest BCUT2D eigenvalue weighted by atomic mass is 10.1. The maximum Gasteiger partial charge on any atom is 0.310 e. The van der Waals surface area contributed by atoms with Crippen molar-refractivity contribution in [1.82, 2.24) is 29.1 Å². The second kappa shape index (κ2) is 7.71. The Balaban J connectivity index is 1.59. The number of para-hydroxylation sites is 1. The van der Waals surface area contributed by atoms with Crippen LogP contribution in [0.4, 0.5) is 0 Å². The Kier molecular flexibility index (Phi) is 4.93. The molecule has 0 aliphatic rings. The number of rotatable bonds is 5. The summed E-state index contributed by atoms with van der Waals surface area (Å²) >= 11 is 0. The lowest BCUT2D eigenvalue weighted by molar-refractivity contribution is -0.144. The number of hydrogen-bond donors (Lipinski definition) is 0. The van der Waals surface area contributed by atoms with E-state index in [9.17, 15) is 9.59 Å². The van der Waals surface area contributed by atoms with E-state index in [-0.39, 0.29) is 31.0 Å². The van der Waals surface area contributed by atoms with Crippen molar-refractivity contribution in [3.05, 3.63) is 63.7 Å². The van der Waals surface area contributed by atoms with Crippen molar-refractivity contribution >= 4 is 22.6 Å². The van der Waals surface area contributed by atoms with Crippen molar-refractivity contribution in [3.8, 4) is 6.07 Å². The van der Waals surface area contributed by atoms with Gasteiger partial charge in [0, 0.05) is 17.0 Å². The van der Waals surface area contributed by atoms with Gasteiger partial charge in [0.05, 0.1) is 23.4 Å². The van der Waals surface area contributed by atoms with Gasteiger partial charge in [-0.15, -0.1) is 0 Å². The predicted molar refractivity (Wildman–Crippen MR) is 105 cm³/mol. The minimum Gasteiger partial charge on any atom is -0.457 e. The van der Waals surface area contributed by atoms with Crippen molar-refractivity contribution in [1.29, 1.82) is 5.26 Å². The second-order valence-electron chi connectivity index (χ2n) is 6.67. The molecule has 1 aromatic carbocycles. The highest BCUT2D eigenvalue weighted by Gasteiger charge is 2.17. The van der Waals surface area contributed by atoms with E-state index in [1.165, 1.54) is 10.9 Å². The maximum absolute atomic E-state index is 12.7. The molecule has 0 fully saturated rings. The third kappa shape index (κ3) is 3.37. The monoisotopic (exact) mass is 403 g/mol. The van der Waals surface area contributed by atoms with E-state index in [1.807, 2.05) is 13.0 Å². The molecule has 0 aliphatic heterocycles. The summed E-state index contributed by atoms with van der Waals surface area (Å²) < 4.78 is 8.16. The number of ether oxygens (including phenoxy) is 1. The molecule has 4 rings (SSSR count). The molecule has 10 nitrogen and oxygen atoms in total. The van der Waals surface area contributed by atoms with Crippen molar-refractivity contribution in [2.24, 2.45) is 0 Å². The SMILES string of the molecule is Cc1nc2ncnn2c(C)c1CC(=O)OCc1nc2ccccc2c(=O)n1CC#N. The molecule has 0 radical (unpaired) electrons. The molecular formula is C20H17N7O3. The molecule has 0 unspecified atom stereocenters. The normalized spacial score (nSPS) is 11.0. The summed E-state index contributed by atoms with van der Waals surface area (Å²) in [6.07, 6.45) is 1.38. The molecule has 3 aromatic heterocycles. The third-order valence-electron chi connectivity index (χ3n) is 4.84. The number of esters is 1. The predicted octanol–water partition coefficient (Wildman–Crippen LogP) is 1.26. The molecular weight excluding hydrogens is 386 g/mol. The molecule has 0 saturated heterocycles. The lowest BCUT2D eigenvalue weighted by Crippen LogP contribution is -2.26. The summed E-state index contributed by atoms with van der Waals surface area (Å²) in [7, 11) is 0. The Morgan fingerprint density at radius 2 is 2.03 bits per heavy atom. The van der Waals surface area contributed by atoms with E-state index >= 15 is 0 Å². The summed E-state index contributed by atoms with van der Waals surface area (Å²) in [6, 6.07) is 8.78. The fourth-order valence-corrected chi connectivity index (χ4v) is 3.31. The molecule has 0 amide bonds. The van der Waals surface area contributed by atoms with Crippen LogP contribution in [0, 0.1) is 25.2 Å². The summed E-state index contributed by atoms with van der Waals surface area (Å²) in [5, 5.41) is 13.6. The van der Waals surface area contributed by atoms with Gasteiger partial charge in [0.1, 0.15) is 19.5 Å². The van der Waals surface area contributed by atoms with Crippen LogP contribution in [-0.2, 0) is 29.1 Å². The quantitative estimate of drug-likeness (QED) is 0.456. The van der Waals surface area contributed by atoms with Gasteiger partial charge in [0.2, 0.25) is 0 Å². The van der Waals surface area contributed by atoms with E-state index in [0.29, 0.717) is 27.9 Å². The smallest absolute Gasteiger partial charge is 0.310 e. The number of nitriles is 1. The highest BCUT2D eigenvalue weighted by Crippen LogP contribution is 2.15. The van der Waals surface area contributed by atoms with Gasteiger partial charge in [0.25, 0.3) is 11.3 Å². The fraction of sp³-hybridized carbons (Fsp3) is 0.250. The van der Waals surface area contributed by atoms with Crippen LogP contribution in [0.5, 0.6) is 0 Å². The Bertz CT molecular complexity index is 1380. The largest absolute Gasteiger partial charge is 0.457 e. The van der Waals surface area contributed by atoms with E-state index < -0.39 is 5.97 Å². The number of nitrogens with zero attached hydrogens (tertiary/aromatic N) is 7. The summed E-state index contributed by atoms with van der Waals surface area (Å²) in [4.78, 5) is 38.0. The number of carbonyl (C=O) groups excluding carboxylic acids is 1. The number of aromatic nitrogens is 6. The Morgan fingerprint density at radius 1 is 1.23 bits per heavy atom. The van der Waals surface area contributed by atoms with E-state index in [1.54, 1.807) is 35.7 Å². The van der Waals surface area contributed by atoms with Gasteiger partial charge in [-0.1, -0.05) is 12.1 Å². The van der Waals surface area contributed by atoms with E-state index in [2.05, 4.69) is 20.1 Å². The molecule has 4 aromatic rings. The number of fused-ring (bicyclic) bond motifs is 2. The van der Waals surface area contributed by atoms with Crippen LogP contribution in [0.2, 0.25) is 0 Å². The Morgan fingerprint density at radius 3 is 2.83 bits per heavy atom. The van der Waals surface area contributed by atoms with Crippen molar-refractivity contribution < 1.29 is 9.53 Å². The van der Waals surface area contributed by atoms with Crippen LogP contribution < -0.4 is 5.56 Å². The number of aryl methyl sites for hydroxylation is 2. The fourth-order valence-electron chi connectivity index (χ4n) is 3.31. The van der Waals surface area contributed by atoms with Crippen molar-refractivity contribution in [2.75, 3.05) is 0 Å². The van der Waals surface area contributed by atoms with Gasteiger partial charge < -0.3 is 4.74 Å². The summed E-state index contributed by atoms with van der Waals surface area (Å²) in [6.45, 7) is 3.21. The molecule has 0 N–H and O–H groups in total. The zero-order valence-electron chi connectivity index (χ0n) is 16.4. The molecule has 150 valence electrons. The zero-order valence-corrected chi connectivity index (χ0v) is 16.4. The molecule has 0 saturated carbocycles. The second-order valence-corrected chi connectivity index (χ2v) is 6.67. The Labute approximate surface area is 170 Å². The maximum atomic E-state index is 12.7. The van der Waals surface area contributed by atoms with Crippen LogP contribution in [0.3, 0.4) is 0 Å². The Hall–Kier alpha value is -4.13. The van der Waals surface area contributed by atoms with Gasteiger partial charge in [-0.2, -0.15) is 15.3 Å². The van der Waals surface area contributed by atoms with Crippen LogP contribution in [0.1, 0.15) is 22.8 Å². The zero-order chi connectivity index (χ0) is 21.3. The van der Waals surface area contributed by atoms with Crippen LogP contribution in [0.15, 0.2) is 35.4 Å². The molecule has 3 heterocycles. The average molecular weight is 403 g/mol. The third-order valence-corrected chi connectivity index (χ3v) is 4.84. The van der Waals surface area contributed by atoms with Gasteiger partial charge in [-0.25, -0.2) is 14.5 Å². The van der Waals surface area contributed by atoms with Crippen LogP contribution >= 0.6 is 0 Å². The minimum atomic E-state index is -0.506. The van der Waals surface area contributed by atoms with Crippen molar-refractivity contribution in [2.45, 2.75) is 33.4 Å². The molecule has 0 atom stereocenters. The first kappa shape index (κ1) is 19.2. The topological polar surface area (TPSA) is 128 Å². The van der Waals surface area contributed by atoms with Gasteiger partial charge in [-0.05, 0) is 26.0 Å². The molecule has 0 aliphatic carbocycles. The van der Waals surface area contributed by atoms with Gasteiger partial charge in [-0.3, -0.25) is 14.2 Å². The van der Waals surface area contributed by atoms with E-state index in [4.69, 9.17) is 10.00 Å². The van der Waals surface area contributed by atoms with Gasteiger partial charge in [0.15, 0.2) is 5.82 Å². The first-order chi connectivity index (χ1) is 14.5.